The molecule has 0 aromatic heterocycles. The van der Waals surface area contributed by atoms with Crippen molar-refractivity contribution in [1.29, 1.82) is 0 Å². The maximum absolute atomic E-state index is 15.0. The number of alkyl halides is 11. The minimum Gasteiger partial charge on any atom is -0.282 e. The van der Waals surface area contributed by atoms with Crippen LogP contribution in [0.25, 0.3) is 0 Å². The number of halogens is 11. The Bertz CT molecular complexity index is 894. The monoisotopic (exact) mass is 452 g/mol. The lowest BCUT2D eigenvalue weighted by atomic mass is 9.69. The molecule has 0 unspecified atom stereocenters. The van der Waals surface area contributed by atoms with Gasteiger partial charge in [0.05, 0.1) is 0 Å². The van der Waals surface area contributed by atoms with Gasteiger partial charge in [0.2, 0.25) is 0 Å². The van der Waals surface area contributed by atoms with Crippen molar-refractivity contribution < 1.29 is 61.3 Å². The molecule has 0 atom stereocenters. The number of hydrogen-bond acceptors (Lipinski definition) is 2. The Labute approximate surface area is 148 Å². The first-order valence-electron chi connectivity index (χ1n) is 6.79. The lowest BCUT2D eigenvalue weighted by Crippen LogP contribution is -2.82. The first kappa shape index (κ1) is 22.6. The second kappa shape index (κ2) is 5.49. The molecular weight excluding hydrogens is 445 g/mol. The SMILES string of the molecule is Cc1ccc(S(=O)(=O)O)c(C2(F)C(F)(F)C(F)(F)C(F)(F)C(F)(F)C2(F)F)c1. The van der Waals surface area contributed by atoms with Crippen LogP contribution in [0.5, 0.6) is 0 Å². The van der Waals surface area contributed by atoms with Crippen LogP contribution in [0.3, 0.4) is 0 Å². The third-order valence-corrected chi connectivity index (χ3v) is 5.14. The zero-order valence-electron chi connectivity index (χ0n) is 13.1. The van der Waals surface area contributed by atoms with E-state index < -0.39 is 61.4 Å². The average molecular weight is 452 g/mol. The Morgan fingerprint density at radius 3 is 1.43 bits per heavy atom. The maximum atomic E-state index is 15.0. The molecule has 15 heteroatoms. The highest BCUT2D eigenvalue weighted by Gasteiger charge is 3.01. The van der Waals surface area contributed by atoms with E-state index in [-0.39, 0.29) is 12.1 Å². The molecule has 0 bridgehead atoms. The maximum Gasteiger partial charge on any atom is 0.384 e. The zero-order chi connectivity index (χ0) is 22.4. The van der Waals surface area contributed by atoms with E-state index in [1.165, 1.54) is 0 Å². The van der Waals surface area contributed by atoms with Gasteiger partial charge < -0.3 is 0 Å². The van der Waals surface area contributed by atoms with Crippen LogP contribution in [-0.4, -0.2) is 42.6 Å². The van der Waals surface area contributed by atoms with Crippen LogP contribution in [0.2, 0.25) is 0 Å². The van der Waals surface area contributed by atoms with Crippen LogP contribution < -0.4 is 0 Å². The molecule has 0 radical (unpaired) electrons. The number of hydrogen-bond donors (Lipinski definition) is 1. The van der Waals surface area contributed by atoms with Gasteiger partial charge in [0.25, 0.3) is 15.8 Å². The Morgan fingerprint density at radius 1 is 0.714 bits per heavy atom. The summed E-state index contributed by atoms with van der Waals surface area (Å²) in [5.41, 5.74) is -9.99. The molecule has 0 saturated heterocycles. The van der Waals surface area contributed by atoms with E-state index in [0.717, 1.165) is 6.92 Å². The Balaban J connectivity index is 3.11. The van der Waals surface area contributed by atoms with Gasteiger partial charge in [-0.05, 0) is 13.0 Å². The number of rotatable bonds is 2. The second-order valence-corrected chi connectivity index (χ2v) is 7.40. The predicted molar refractivity (Wildman–Crippen MR) is 68.5 cm³/mol. The highest BCUT2D eigenvalue weighted by atomic mass is 32.2. The van der Waals surface area contributed by atoms with Gasteiger partial charge in [-0.2, -0.15) is 52.3 Å². The minimum atomic E-state index is -7.43. The topological polar surface area (TPSA) is 54.4 Å². The molecule has 28 heavy (non-hydrogen) atoms. The summed E-state index contributed by atoms with van der Waals surface area (Å²) in [7, 11) is -5.93. The Hall–Kier alpha value is -1.64. The third-order valence-electron chi connectivity index (χ3n) is 4.23. The standard InChI is InChI=1S/C13H7F11O3S/c1-5-2-3-7(28(25,26)27)6(4-5)8(14)9(15,16)11(19,20)13(23,24)12(21,22)10(8,17)18/h2-4H,1H3,(H,25,26,27). The smallest absolute Gasteiger partial charge is 0.282 e. The molecule has 1 aromatic carbocycles. The first-order chi connectivity index (χ1) is 12.1. The fourth-order valence-electron chi connectivity index (χ4n) is 2.70. The molecule has 0 spiro atoms. The van der Waals surface area contributed by atoms with Gasteiger partial charge >= 0.3 is 29.6 Å². The zero-order valence-corrected chi connectivity index (χ0v) is 13.9. The molecular formula is C13H7F11O3S. The summed E-state index contributed by atoms with van der Waals surface area (Å²) >= 11 is 0. The minimum absolute atomic E-state index is 0.0173. The highest BCUT2D eigenvalue weighted by Crippen LogP contribution is 2.72. The lowest BCUT2D eigenvalue weighted by molar-refractivity contribution is -0.489. The molecule has 0 heterocycles. The molecule has 0 aliphatic heterocycles. The fraction of sp³-hybridized carbons (Fsp3) is 0.538. The molecule has 1 aliphatic rings. The first-order valence-corrected chi connectivity index (χ1v) is 8.23. The molecule has 1 saturated carbocycles. The molecule has 1 N–H and O–H groups in total. The van der Waals surface area contributed by atoms with Crippen molar-refractivity contribution >= 4 is 10.1 Å². The van der Waals surface area contributed by atoms with Gasteiger partial charge in [0, 0.05) is 5.56 Å². The van der Waals surface area contributed by atoms with Gasteiger partial charge in [0.15, 0.2) is 0 Å². The van der Waals surface area contributed by atoms with Crippen LogP contribution in [0.1, 0.15) is 11.1 Å². The van der Waals surface area contributed by atoms with Crippen molar-refractivity contribution in [1.82, 2.24) is 0 Å². The van der Waals surface area contributed by atoms with Crippen LogP contribution >= 0.6 is 0 Å². The van der Waals surface area contributed by atoms with E-state index in [9.17, 15) is 56.7 Å². The van der Waals surface area contributed by atoms with Gasteiger partial charge in [0.1, 0.15) is 4.90 Å². The normalized spacial score (nSPS) is 26.6. The molecule has 1 fully saturated rings. The summed E-state index contributed by atoms with van der Waals surface area (Å²) in [5, 5.41) is 0. The number of benzene rings is 1. The molecule has 0 amide bonds. The van der Waals surface area contributed by atoms with Crippen molar-refractivity contribution in [3.05, 3.63) is 29.3 Å². The van der Waals surface area contributed by atoms with Crippen LogP contribution in [-0.2, 0) is 15.8 Å². The number of aryl methyl sites for hydroxylation is 1. The summed E-state index contributed by atoms with van der Waals surface area (Å²) in [6.45, 7) is 0.796. The molecule has 3 nitrogen and oxygen atoms in total. The summed E-state index contributed by atoms with van der Waals surface area (Å²) in [6.07, 6.45) is 0. The van der Waals surface area contributed by atoms with E-state index in [4.69, 9.17) is 4.55 Å². The van der Waals surface area contributed by atoms with Crippen molar-refractivity contribution in [2.75, 3.05) is 0 Å². The summed E-state index contributed by atoms with van der Waals surface area (Å²) in [5.74, 6) is -36.7. The lowest BCUT2D eigenvalue weighted by Gasteiger charge is -2.52. The average Bonchev–Trinajstić information content (AvgIpc) is 2.50. The molecule has 160 valence electrons. The summed E-state index contributed by atoms with van der Waals surface area (Å²) in [4.78, 5) is -2.21. The van der Waals surface area contributed by atoms with E-state index in [0.29, 0.717) is 6.07 Å². The Morgan fingerprint density at radius 2 is 1.07 bits per heavy atom. The van der Waals surface area contributed by atoms with E-state index in [1.54, 1.807) is 0 Å². The summed E-state index contributed by atoms with van der Waals surface area (Å²) in [6, 6.07) is 0.289. The highest BCUT2D eigenvalue weighted by molar-refractivity contribution is 7.85. The largest absolute Gasteiger partial charge is 0.384 e. The van der Waals surface area contributed by atoms with Crippen molar-refractivity contribution in [2.24, 2.45) is 0 Å². The van der Waals surface area contributed by atoms with Gasteiger partial charge in [-0.25, -0.2) is 4.39 Å². The van der Waals surface area contributed by atoms with Gasteiger partial charge in [-0.15, -0.1) is 0 Å². The summed E-state index contributed by atoms with van der Waals surface area (Å²) < 4.78 is 183. The van der Waals surface area contributed by atoms with Crippen molar-refractivity contribution in [3.63, 3.8) is 0 Å². The van der Waals surface area contributed by atoms with Crippen LogP contribution in [0.4, 0.5) is 48.3 Å². The third kappa shape index (κ3) is 2.22. The van der Waals surface area contributed by atoms with E-state index in [1.807, 2.05) is 0 Å². The second-order valence-electron chi connectivity index (χ2n) is 6.01. The van der Waals surface area contributed by atoms with Gasteiger partial charge in [-0.3, -0.25) is 4.55 Å². The molecule has 1 aliphatic carbocycles. The van der Waals surface area contributed by atoms with Gasteiger partial charge in [-0.1, -0.05) is 17.7 Å². The van der Waals surface area contributed by atoms with Crippen molar-refractivity contribution in [2.45, 2.75) is 47.1 Å². The predicted octanol–water partition coefficient (Wildman–Crippen LogP) is 4.60. The van der Waals surface area contributed by atoms with E-state index in [2.05, 4.69) is 0 Å². The molecule has 1 aromatic rings. The van der Waals surface area contributed by atoms with E-state index >= 15 is 0 Å². The van der Waals surface area contributed by atoms with Crippen LogP contribution in [0, 0.1) is 6.92 Å². The van der Waals surface area contributed by atoms with Crippen LogP contribution in [0.15, 0.2) is 23.1 Å². The quantitative estimate of drug-likeness (QED) is 0.528. The Kier molecular flexibility index (Phi) is 4.44. The van der Waals surface area contributed by atoms with Crippen molar-refractivity contribution in [3.8, 4) is 0 Å². The fourth-order valence-corrected chi connectivity index (χ4v) is 3.42. The molecule has 2 rings (SSSR count).